The van der Waals surface area contributed by atoms with E-state index in [1.807, 2.05) is 6.92 Å². The van der Waals surface area contributed by atoms with Crippen LogP contribution < -0.4 is 0 Å². The lowest BCUT2D eigenvalue weighted by Gasteiger charge is -2.43. The fourth-order valence-corrected chi connectivity index (χ4v) is 2.64. The molecule has 1 fully saturated rings. The second-order valence-electron chi connectivity index (χ2n) is 6.65. The molecule has 0 spiro atoms. The number of hydrogen-bond donors (Lipinski definition) is 3. The van der Waals surface area contributed by atoms with Crippen LogP contribution in [0.5, 0.6) is 0 Å². The first-order chi connectivity index (χ1) is 12.3. The summed E-state index contributed by atoms with van der Waals surface area (Å²) in [5.74, 6) is 0. The molecule has 1 aliphatic rings. The molecule has 8 unspecified atom stereocenters. The summed E-state index contributed by atoms with van der Waals surface area (Å²) in [7, 11) is 2.92. The predicted octanol–water partition coefficient (Wildman–Crippen LogP) is -0.698. The zero-order chi connectivity index (χ0) is 19.7. The highest BCUT2D eigenvalue weighted by molar-refractivity contribution is 4.91. The number of methoxy groups -OCH3 is 2. The van der Waals surface area contributed by atoms with E-state index in [-0.39, 0.29) is 25.9 Å². The van der Waals surface area contributed by atoms with Gasteiger partial charge in [-0.15, -0.1) is 0 Å². The van der Waals surface area contributed by atoms with Crippen molar-refractivity contribution in [2.24, 2.45) is 0 Å². The molecule has 0 saturated carbocycles. The number of aliphatic hydroxyl groups excluding tert-OH is 3. The van der Waals surface area contributed by atoms with Crippen LogP contribution in [0.25, 0.3) is 0 Å². The van der Waals surface area contributed by atoms with Crippen LogP contribution in [0.2, 0.25) is 0 Å². The van der Waals surface area contributed by atoms with E-state index in [4.69, 9.17) is 28.4 Å². The quantitative estimate of drug-likeness (QED) is 0.403. The third-order valence-corrected chi connectivity index (χ3v) is 3.91. The molecule has 9 heteroatoms. The van der Waals surface area contributed by atoms with Crippen LogP contribution in [0, 0.1) is 0 Å². The molecule has 1 aliphatic heterocycles. The van der Waals surface area contributed by atoms with Gasteiger partial charge >= 0.3 is 0 Å². The zero-order valence-electron chi connectivity index (χ0n) is 16.2. The summed E-state index contributed by atoms with van der Waals surface area (Å²) in [6, 6.07) is 0. The summed E-state index contributed by atoms with van der Waals surface area (Å²) in [6.45, 7) is 5.82. The first kappa shape index (κ1) is 23.7. The second-order valence-corrected chi connectivity index (χ2v) is 6.65. The molecule has 156 valence electrons. The van der Waals surface area contributed by atoms with Gasteiger partial charge in [0.2, 0.25) is 0 Å². The maximum atomic E-state index is 10.6. The van der Waals surface area contributed by atoms with Crippen molar-refractivity contribution in [3.8, 4) is 0 Å². The molecule has 0 aromatic rings. The summed E-state index contributed by atoms with van der Waals surface area (Å²) < 4.78 is 33.0. The van der Waals surface area contributed by atoms with Crippen LogP contribution in [0.3, 0.4) is 0 Å². The molecular weight excluding hydrogens is 348 g/mol. The number of rotatable bonds is 12. The Bertz CT molecular complexity index is 366. The summed E-state index contributed by atoms with van der Waals surface area (Å²) in [6.07, 6.45) is -5.24. The monoisotopic (exact) mass is 382 g/mol. The molecule has 0 aromatic heterocycles. The maximum Gasteiger partial charge on any atom is 0.186 e. The maximum absolute atomic E-state index is 10.6. The standard InChI is InChI=1S/C17H34O9/c1-10(18)6-24-12(3)8-23-9-13-15(21-4)14(20)16(17(22-5)26-13)25-7-11(2)19/h10-20H,6-9H2,1-5H3. The van der Waals surface area contributed by atoms with Crippen LogP contribution in [-0.2, 0) is 28.4 Å². The normalized spacial score (nSPS) is 33.0. The lowest BCUT2D eigenvalue weighted by atomic mass is 9.98. The molecule has 8 atom stereocenters. The molecule has 0 aromatic carbocycles. The number of hydrogen-bond acceptors (Lipinski definition) is 9. The summed E-state index contributed by atoms with van der Waals surface area (Å²) in [4.78, 5) is 0. The van der Waals surface area contributed by atoms with Crippen LogP contribution in [-0.4, -0.2) is 105 Å². The lowest BCUT2D eigenvalue weighted by molar-refractivity contribution is -0.311. The number of ether oxygens (including phenoxy) is 6. The van der Waals surface area contributed by atoms with E-state index in [2.05, 4.69) is 0 Å². The van der Waals surface area contributed by atoms with Gasteiger partial charge in [-0.1, -0.05) is 0 Å². The Morgan fingerprint density at radius 1 is 0.923 bits per heavy atom. The van der Waals surface area contributed by atoms with E-state index in [9.17, 15) is 15.3 Å². The molecule has 3 N–H and O–H groups in total. The summed E-state index contributed by atoms with van der Waals surface area (Å²) >= 11 is 0. The van der Waals surface area contributed by atoms with Crippen molar-refractivity contribution in [1.82, 2.24) is 0 Å². The highest BCUT2D eigenvalue weighted by atomic mass is 16.7. The first-order valence-electron chi connectivity index (χ1n) is 8.86. The van der Waals surface area contributed by atoms with Crippen molar-refractivity contribution in [2.75, 3.05) is 40.6 Å². The average molecular weight is 382 g/mol. The van der Waals surface area contributed by atoms with Crippen LogP contribution in [0.4, 0.5) is 0 Å². The third kappa shape index (κ3) is 7.71. The van der Waals surface area contributed by atoms with Gasteiger partial charge in [0.05, 0.1) is 44.7 Å². The van der Waals surface area contributed by atoms with E-state index in [0.29, 0.717) is 6.61 Å². The van der Waals surface area contributed by atoms with Crippen LogP contribution in [0.1, 0.15) is 20.8 Å². The second kappa shape index (κ2) is 12.2. The fourth-order valence-electron chi connectivity index (χ4n) is 2.64. The Hall–Kier alpha value is -0.360. The van der Waals surface area contributed by atoms with E-state index in [1.165, 1.54) is 14.2 Å². The molecule has 0 amide bonds. The molecule has 9 nitrogen and oxygen atoms in total. The SMILES string of the molecule is COC1OC(COCC(C)OCC(C)O)C(OC)C(O)C1OCC(C)O. The molecule has 0 bridgehead atoms. The Balaban J connectivity index is 2.55. The summed E-state index contributed by atoms with van der Waals surface area (Å²) in [5, 5.41) is 29.2. The van der Waals surface area contributed by atoms with Gasteiger partial charge < -0.3 is 43.7 Å². The van der Waals surface area contributed by atoms with Gasteiger partial charge in [-0.3, -0.25) is 0 Å². The van der Waals surface area contributed by atoms with Gasteiger partial charge in [0.1, 0.15) is 24.4 Å². The van der Waals surface area contributed by atoms with Gasteiger partial charge in [-0.05, 0) is 20.8 Å². The average Bonchev–Trinajstić information content (AvgIpc) is 2.58. The van der Waals surface area contributed by atoms with Crippen LogP contribution in [0.15, 0.2) is 0 Å². The topological polar surface area (TPSA) is 116 Å². The van der Waals surface area contributed by atoms with Crippen molar-refractivity contribution in [1.29, 1.82) is 0 Å². The van der Waals surface area contributed by atoms with Gasteiger partial charge in [-0.2, -0.15) is 0 Å². The predicted molar refractivity (Wildman–Crippen MR) is 91.8 cm³/mol. The Morgan fingerprint density at radius 3 is 2.12 bits per heavy atom. The molecule has 26 heavy (non-hydrogen) atoms. The smallest absolute Gasteiger partial charge is 0.186 e. The zero-order valence-corrected chi connectivity index (χ0v) is 16.2. The van der Waals surface area contributed by atoms with Gasteiger partial charge in [0.15, 0.2) is 6.29 Å². The Kier molecular flexibility index (Phi) is 11.1. The van der Waals surface area contributed by atoms with E-state index in [1.54, 1.807) is 13.8 Å². The molecule has 1 rings (SSSR count). The van der Waals surface area contributed by atoms with Gasteiger partial charge in [0, 0.05) is 14.2 Å². The van der Waals surface area contributed by atoms with E-state index < -0.39 is 42.9 Å². The Morgan fingerprint density at radius 2 is 1.58 bits per heavy atom. The van der Waals surface area contributed by atoms with E-state index >= 15 is 0 Å². The summed E-state index contributed by atoms with van der Waals surface area (Å²) in [5.41, 5.74) is 0. The number of aliphatic hydroxyl groups is 3. The molecule has 1 saturated heterocycles. The Labute approximate surface area is 155 Å². The van der Waals surface area contributed by atoms with Crippen molar-refractivity contribution >= 4 is 0 Å². The molecule has 1 heterocycles. The highest BCUT2D eigenvalue weighted by Crippen LogP contribution is 2.26. The minimum absolute atomic E-state index is 0.0423. The molecule has 0 radical (unpaired) electrons. The molecule has 0 aliphatic carbocycles. The minimum Gasteiger partial charge on any atom is -0.391 e. The lowest BCUT2D eigenvalue weighted by Crippen LogP contribution is -2.61. The highest BCUT2D eigenvalue weighted by Gasteiger charge is 2.46. The first-order valence-corrected chi connectivity index (χ1v) is 8.86. The van der Waals surface area contributed by atoms with Crippen molar-refractivity contribution in [2.45, 2.75) is 69.8 Å². The van der Waals surface area contributed by atoms with Gasteiger partial charge in [-0.25, -0.2) is 0 Å². The van der Waals surface area contributed by atoms with Crippen molar-refractivity contribution in [3.05, 3.63) is 0 Å². The van der Waals surface area contributed by atoms with Crippen molar-refractivity contribution in [3.63, 3.8) is 0 Å². The van der Waals surface area contributed by atoms with Crippen molar-refractivity contribution < 1.29 is 43.7 Å². The third-order valence-electron chi connectivity index (χ3n) is 3.91. The van der Waals surface area contributed by atoms with Gasteiger partial charge in [0.25, 0.3) is 0 Å². The largest absolute Gasteiger partial charge is 0.391 e. The minimum atomic E-state index is -1.00. The van der Waals surface area contributed by atoms with E-state index in [0.717, 1.165) is 0 Å². The molecular formula is C17H34O9. The fraction of sp³-hybridized carbons (Fsp3) is 1.00. The van der Waals surface area contributed by atoms with Crippen LogP contribution >= 0.6 is 0 Å².